The fourth-order valence-corrected chi connectivity index (χ4v) is 2.62. The lowest BCUT2D eigenvalue weighted by Crippen LogP contribution is -1.95. The predicted octanol–water partition coefficient (Wildman–Crippen LogP) is 4.17. The first-order chi connectivity index (χ1) is 8.06. The molecule has 2 rings (SSSR count). The highest BCUT2D eigenvalue weighted by atomic mass is 35.5. The van der Waals surface area contributed by atoms with Gasteiger partial charge in [0, 0.05) is 9.92 Å². The molecule has 0 aliphatic carbocycles. The molecule has 2 aromatic rings. The average molecular weight is 307 g/mol. The van der Waals surface area contributed by atoms with E-state index < -0.39 is 0 Å². The van der Waals surface area contributed by atoms with Gasteiger partial charge < -0.3 is 5.73 Å². The Balaban J connectivity index is 2.37. The fourth-order valence-electron chi connectivity index (χ4n) is 1.10. The Bertz CT molecular complexity index is 513. The Hall–Kier alpha value is -0.680. The number of benzene rings is 1. The van der Waals surface area contributed by atoms with Gasteiger partial charge in [0.15, 0.2) is 0 Å². The molecule has 3 nitrogen and oxygen atoms in total. The molecule has 17 heavy (non-hydrogen) atoms. The van der Waals surface area contributed by atoms with E-state index in [2.05, 4.69) is 9.97 Å². The molecule has 88 valence electrons. The van der Waals surface area contributed by atoms with Gasteiger partial charge in [-0.05, 0) is 18.2 Å². The standard InChI is InChI=1S/C10H6Cl3N3S/c11-5-1-2-6(12)8(3-5)17-9-7(13)4-15-10(14)16-9/h1-4H,(H2,14,15,16). The number of halogens is 3. The molecule has 0 aliphatic rings. The maximum atomic E-state index is 6.04. The highest BCUT2D eigenvalue weighted by molar-refractivity contribution is 7.99. The van der Waals surface area contributed by atoms with E-state index in [4.69, 9.17) is 40.5 Å². The average Bonchev–Trinajstić information content (AvgIpc) is 2.28. The minimum absolute atomic E-state index is 0.162. The number of nitrogens with zero attached hydrogens (tertiary/aromatic N) is 2. The molecule has 0 spiro atoms. The molecule has 1 heterocycles. The van der Waals surface area contributed by atoms with Gasteiger partial charge in [-0.15, -0.1) is 0 Å². The Kier molecular flexibility index (Phi) is 3.99. The molecule has 0 bridgehead atoms. The monoisotopic (exact) mass is 305 g/mol. The Morgan fingerprint density at radius 1 is 1.12 bits per heavy atom. The van der Waals surface area contributed by atoms with Crippen LogP contribution < -0.4 is 5.73 Å². The summed E-state index contributed by atoms with van der Waals surface area (Å²) in [6, 6.07) is 5.16. The summed E-state index contributed by atoms with van der Waals surface area (Å²) >= 11 is 19.2. The number of anilines is 1. The first kappa shape index (κ1) is 12.8. The molecule has 0 saturated heterocycles. The minimum atomic E-state index is 0.162. The van der Waals surface area contributed by atoms with Crippen LogP contribution in [-0.4, -0.2) is 9.97 Å². The van der Waals surface area contributed by atoms with Gasteiger partial charge in [-0.2, -0.15) is 0 Å². The number of rotatable bonds is 2. The molecule has 0 saturated carbocycles. The van der Waals surface area contributed by atoms with Crippen LogP contribution in [0.1, 0.15) is 0 Å². The van der Waals surface area contributed by atoms with Crippen LogP contribution in [0.15, 0.2) is 34.3 Å². The molecule has 0 unspecified atom stereocenters. The van der Waals surface area contributed by atoms with E-state index in [9.17, 15) is 0 Å². The summed E-state index contributed by atoms with van der Waals surface area (Å²) in [7, 11) is 0. The molecule has 0 aliphatic heterocycles. The first-order valence-corrected chi connectivity index (χ1v) is 6.42. The van der Waals surface area contributed by atoms with E-state index in [1.807, 2.05) is 0 Å². The molecular weight excluding hydrogens is 301 g/mol. The highest BCUT2D eigenvalue weighted by Crippen LogP contribution is 2.37. The van der Waals surface area contributed by atoms with Crippen LogP contribution in [0.2, 0.25) is 15.1 Å². The van der Waals surface area contributed by atoms with Crippen LogP contribution in [0.4, 0.5) is 5.95 Å². The zero-order chi connectivity index (χ0) is 12.4. The molecule has 2 N–H and O–H groups in total. The van der Waals surface area contributed by atoms with Gasteiger partial charge in [-0.3, -0.25) is 0 Å². The van der Waals surface area contributed by atoms with Crippen LogP contribution in [0.25, 0.3) is 0 Å². The number of hydrogen-bond donors (Lipinski definition) is 1. The third-order valence-electron chi connectivity index (χ3n) is 1.83. The molecule has 0 amide bonds. The number of hydrogen-bond acceptors (Lipinski definition) is 4. The van der Waals surface area contributed by atoms with Crippen LogP contribution >= 0.6 is 46.6 Å². The molecule has 7 heteroatoms. The van der Waals surface area contributed by atoms with Gasteiger partial charge in [0.05, 0.1) is 16.2 Å². The van der Waals surface area contributed by atoms with E-state index in [1.54, 1.807) is 18.2 Å². The predicted molar refractivity (Wildman–Crippen MR) is 72.0 cm³/mol. The van der Waals surface area contributed by atoms with Crippen molar-refractivity contribution < 1.29 is 0 Å². The van der Waals surface area contributed by atoms with Gasteiger partial charge in [0.2, 0.25) is 5.95 Å². The van der Waals surface area contributed by atoms with E-state index >= 15 is 0 Å². The lowest BCUT2D eigenvalue weighted by molar-refractivity contribution is 1.06. The SMILES string of the molecule is Nc1ncc(Cl)c(Sc2cc(Cl)ccc2Cl)n1. The maximum absolute atomic E-state index is 6.04. The Labute approximate surface area is 117 Å². The van der Waals surface area contributed by atoms with Crippen molar-refractivity contribution in [2.24, 2.45) is 0 Å². The largest absolute Gasteiger partial charge is 0.368 e. The van der Waals surface area contributed by atoms with Gasteiger partial charge in [0.25, 0.3) is 0 Å². The van der Waals surface area contributed by atoms with Crippen molar-refractivity contribution in [1.29, 1.82) is 0 Å². The second-order valence-electron chi connectivity index (χ2n) is 3.06. The van der Waals surface area contributed by atoms with Crippen molar-refractivity contribution in [2.75, 3.05) is 5.73 Å². The quantitative estimate of drug-likeness (QED) is 0.846. The van der Waals surface area contributed by atoms with Crippen LogP contribution in [0.5, 0.6) is 0 Å². The summed E-state index contributed by atoms with van der Waals surface area (Å²) < 4.78 is 0. The minimum Gasteiger partial charge on any atom is -0.368 e. The summed E-state index contributed by atoms with van der Waals surface area (Å²) in [5.74, 6) is 0.162. The van der Waals surface area contributed by atoms with Crippen LogP contribution in [0.3, 0.4) is 0 Å². The number of nitrogens with two attached hydrogens (primary N) is 1. The summed E-state index contributed by atoms with van der Waals surface area (Å²) in [4.78, 5) is 8.58. The summed E-state index contributed by atoms with van der Waals surface area (Å²) in [5, 5.41) is 2.13. The van der Waals surface area contributed by atoms with Crippen molar-refractivity contribution in [1.82, 2.24) is 9.97 Å². The Morgan fingerprint density at radius 2 is 1.88 bits per heavy atom. The number of nitrogen functional groups attached to an aromatic ring is 1. The van der Waals surface area contributed by atoms with Crippen molar-refractivity contribution >= 4 is 52.5 Å². The zero-order valence-electron chi connectivity index (χ0n) is 8.32. The van der Waals surface area contributed by atoms with Gasteiger partial charge in [-0.25, -0.2) is 9.97 Å². The fraction of sp³-hybridized carbons (Fsp3) is 0. The third kappa shape index (κ3) is 3.16. The Morgan fingerprint density at radius 3 is 2.65 bits per heavy atom. The topological polar surface area (TPSA) is 51.8 Å². The summed E-state index contributed by atoms with van der Waals surface area (Å²) in [5.41, 5.74) is 5.50. The van der Waals surface area contributed by atoms with Crippen molar-refractivity contribution in [2.45, 2.75) is 9.92 Å². The van der Waals surface area contributed by atoms with Crippen LogP contribution in [0, 0.1) is 0 Å². The second kappa shape index (κ2) is 5.31. The van der Waals surface area contributed by atoms with Crippen molar-refractivity contribution in [3.05, 3.63) is 39.5 Å². The van der Waals surface area contributed by atoms with E-state index in [0.717, 1.165) is 4.90 Å². The van der Waals surface area contributed by atoms with Gasteiger partial charge in [-0.1, -0.05) is 46.6 Å². The van der Waals surface area contributed by atoms with Crippen LogP contribution in [-0.2, 0) is 0 Å². The zero-order valence-corrected chi connectivity index (χ0v) is 11.4. The molecule has 0 radical (unpaired) electrons. The molecular formula is C10H6Cl3N3S. The molecule has 0 atom stereocenters. The maximum Gasteiger partial charge on any atom is 0.221 e. The second-order valence-corrected chi connectivity index (χ2v) is 5.34. The smallest absolute Gasteiger partial charge is 0.221 e. The van der Waals surface area contributed by atoms with Crippen molar-refractivity contribution in [3.8, 4) is 0 Å². The normalized spacial score (nSPS) is 10.5. The van der Waals surface area contributed by atoms with E-state index in [0.29, 0.717) is 20.1 Å². The molecule has 0 fully saturated rings. The van der Waals surface area contributed by atoms with Gasteiger partial charge >= 0.3 is 0 Å². The lowest BCUT2D eigenvalue weighted by atomic mass is 10.4. The third-order valence-corrected chi connectivity index (χ3v) is 3.96. The molecule has 1 aromatic carbocycles. The highest BCUT2D eigenvalue weighted by Gasteiger charge is 2.09. The van der Waals surface area contributed by atoms with Gasteiger partial charge in [0.1, 0.15) is 5.03 Å². The van der Waals surface area contributed by atoms with E-state index in [1.165, 1.54) is 18.0 Å². The number of aromatic nitrogens is 2. The van der Waals surface area contributed by atoms with E-state index in [-0.39, 0.29) is 5.95 Å². The van der Waals surface area contributed by atoms with Crippen molar-refractivity contribution in [3.63, 3.8) is 0 Å². The first-order valence-electron chi connectivity index (χ1n) is 4.47. The lowest BCUT2D eigenvalue weighted by Gasteiger charge is -2.05. The summed E-state index contributed by atoms with van der Waals surface area (Å²) in [6.07, 6.45) is 1.45. The molecule has 1 aromatic heterocycles. The summed E-state index contributed by atoms with van der Waals surface area (Å²) in [6.45, 7) is 0.